The molecule has 2 amide bonds. The second-order valence-electron chi connectivity index (χ2n) is 7.56. The predicted molar refractivity (Wildman–Crippen MR) is 113 cm³/mol. The molecule has 3 rings (SSSR count). The molecular weight excluding hydrogens is 372 g/mol. The fourth-order valence-corrected chi connectivity index (χ4v) is 4.00. The Labute approximate surface area is 172 Å². The standard InChI is InChI=1S/C21H28N4O2S/c1-2-3-11-25-20(27)18(19(26)23-21(25)28)14-22-17-9-12-24(13-10-17)15-16-7-5-4-6-8-16/h4-8,14,17-18H,2-3,9-13,15H2,1H3,(H,23,26,28)/p+1/t18-/m0/s1. The van der Waals surface area contributed by atoms with Crippen molar-refractivity contribution in [1.29, 1.82) is 0 Å². The number of thiocarbonyl (C=S) groups is 1. The largest absolute Gasteiger partial charge is 0.331 e. The molecule has 0 unspecified atom stereocenters. The molecule has 0 radical (unpaired) electrons. The van der Waals surface area contributed by atoms with E-state index in [9.17, 15) is 9.59 Å². The Kier molecular flexibility index (Phi) is 7.28. The lowest BCUT2D eigenvalue weighted by Gasteiger charge is -2.31. The van der Waals surface area contributed by atoms with Crippen LogP contribution in [0, 0.1) is 5.92 Å². The molecule has 6 nitrogen and oxygen atoms in total. The smallest absolute Gasteiger partial charge is 0.246 e. The first-order valence-corrected chi connectivity index (χ1v) is 10.6. The molecular formula is C21H29N4O2S+. The molecule has 2 fully saturated rings. The van der Waals surface area contributed by atoms with Gasteiger partial charge >= 0.3 is 0 Å². The molecule has 0 bridgehead atoms. The maximum Gasteiger partial charge on any atom is 0.246 e. The van der Waals surface area contributed by atoms with Crippen LogP contribution in [0.1, 0.15) is 38.2 Å². The van der Waals surface area contributed by atoms with Gasteiger partial charge in [-0.3, -0.25) is 19.5 Å². The average molecular weight is 402 g/mol. The van der Waals surface area contributed by atoms with Crippen molar-refractivity contribution in [3.8, 4) is 0 Å². The van der Waals surface area contributed by atoms with Crippen molar-refractivity contribution < 1.29 is 14.5 Å². The molecule has 0 saturated carbocycles. The van der Waals surface area contributed by atoms with Gasteiger partial charge in [-0.25, -0.2) is 0 Å². The van der Waals surface area contributed by atoms with E-state index < -0.39 is 5.92 Å². The van der Waals surface area contributed by atoms with Crippen LogP contribution < -0.4 is 10.2 Å². The molecule has 150 valence electrons. The summed E-state index contributed by atoms with van der Waals surface area (Å²) in [5.74, 6) is -1.48. The minimum atomic E-state index is -0.863. The third-order valence-electron chi connectivity index (χ3n) is 5.43. The number of amides is 2. The van der Waals surface area contributed by atoms with Gasteiger partial charge in [0.05, 0.1) is 19.1 Å². The number of hydrogen-bond acceptors (Lipinski definition) is 4. The van der Waals surface area contributed by atoms with E-state index in [1.807, 2.05) is 6.07 Å². The molecule has 0 aliphatic carbocycles. The normalized spacial score (nSPS) is 26.0. The first kappa shape index (κ1) is 20.6. The van der Waals surface area contributed by atoms with Crippen molar-refractivity contribution in [3.63, 3.8) is 0 Å². The van der Waals surface area contributed by atoms with E-state index in [1.54, 1.807) is 11.1 Å². The SMILES string of the molecule is CCCCN1C(=O)[C@@H](C=NC2CC[NH+](Cc3ccccc3)CC2)C(=O)NC1=S. The molecule has 2 aliphatic rings. The van der Waals surface area contributed by atoms with Gasteiger partial charge in [0.2, 0.25) is 11.8 Å². The van der Waals surface area contributed by atoms with Gasteiger partial charge in [-0.1, -0.05) is 43.7 Å². The van der Waals surface area contributed by atoms with Gasteiger partial charge in [-0.15, -0.1) is 0 Å². The van der Waals surface area contributed by atoms with Crippen LogP contribution in [0.25, 0.3) is 0 Å². The Hall–Kier alpha value is -2.12. The van der Waals surface area contributed by atoms with Crippen molar-refractivity contribution in [3.05, 3.63) is 35.9 Å². The lowest BCUT2D eigenvalue weighted by atomic mass is 10.0. The highest BCUT2D eigenvalue weighted by molar-refractivity contribution is 7.80. The molecule has 2 aliphatic heterocycles. The number of benzene rings is 1. The van der Waals surface area contributed by atoms with Crippen LogP contribution >= 0.6 is 12.2 Å². The highest BCUT2D eigenvalue weighted by Gasteiger charge is 2.37. The number of likely N-dealkylation sites (tertiary alicyclic amines) is 1. The van der Waals surface area contributed by atoms with E-state index in [1.165, 1.54) is 10.5 Å². The lowest BCUT2D eigenvalue weighted by Crippen LogP contribution is -3.12. The van der Waals surface area contributed by atoms with E-state index in [0.29, 0.717) is 6.54 Å². The average Bonchev–Trinajstić information content (AvgIpc) is 2.69. The summed E-state index contributed by atoms with van der Waals surface area (Å²) in [6.45, 7) is 5.73. The summed E-state index contributed by atoms with van der Waals surface area (Å²) in [6, 6.07) is 10.7. The van der Waals surface area contributed by atoms with E-state index in [-0.39, 0.29) is 23.0 Å². The third kappa shape index (κ3) is 5.23. The van der Waals surface area contributed by atoms with Crippen molar-refractivity contribution in [1.82, 2.24) is 10.2 Å². The minimum absolute atomic E-state index is 0.179. The topological polar surface area (TPSA) is 66.2 Å². The Bertz CT molecular complexity index is 729. The zero-order valence-corrected chi connectivity index (χ0v) is 17.2. The Morgan fingerprint density at radius 2 is 1.96 bits per heavy atom. The number of carbonyl (C=O) groups excluding carboxylic acids is 2. The number of quaternary nitrogens is 1. The highest BCUT2D eigenvalue weighted by atomic mass is 32.1. The molecule has 0 aromatic heterocycles. The fourth-order valence-electron chi connectivity index (χ4n) is 3.72. The summed E-state index contributed by atoms with van der Waals surface area (Å²) in [7, 11) is 0. The number of piperidine rings is 1. The van der Waals surface area contributed by atoms with Gasteiger partial charge in [0.1, 0.15) is 6.54 Å². The summed E-state index contributed by atoms with van der Waals surface area (Å²) in [4.78, 5) is 32.5. The lowest BCUT2D eigenvalue weighted by molar-refractivity contribution is -0.918. The van der Waals surface area contributed by atoms with Crippen molar-refractivity contribution in [2.45, 2.75) is 45.2 Å². The van der Waals surface area contributed by atoms with Gasteiger partial charge in [0, 0.05) is 31.2 Å². The van der Waals surface area contributed by atoms with Gasteiger partial charge in [0.15, 0.2) is 11.0 Å². The van der Waals surface area contributed by atoms with Crippen molar-refractivity contribution in [2.75, 3.05) is 19.6 Å². The summed E-state index contributed by atoms with van der Waals surface area (Å²) in [5.41, 5.74) is 1.35. The number of carbonyl (C=O) groups is 2. The number of hydrogen-bond donors (Lipinski definition) is 2. The molecule has 2 N–H and O–H groups in total. The quantitative estimate of drug-likeness (QED) is 0.406. The van der Waals surface area contributed by atoms with Gasteiger partial charge in [-0.2, -0.15) is 0 Å². The number of unbranched alkanes of at least 4 members (excludes halogenated alkanes) is 1. The molecule has 1 aromatic carbocycles. The number of rotatable bonds is 7. The zero-order valence-electron chi connectivity index (χ0n) is 16.4. The maximum absolute atomic E-state index is 12.7. The minimum Gasteiger partial charge on any atom is -0.331 e. The van der Waals surface area contributed by atoms with Crippen molar-refractivity contribution in [2.24, 2.45) is 10.9 Å². The second-order valence-corrected chi connectivity index (χ2v) is 7.94. The summed E-state index contributed by atoms with van der Waals surface area (Å²) in [6.07, 6.45) is 5.31. The van der Waals surface area contributed by atoms with E-state index >= 15 is 0 Å². The molecule has 2 saturated heterocycles. The molecule has 2 heterocycles. The number of nitrogens with one attached hydrogen (secondary N) is 2. The first-order valence-electron chi connectivity index (χ1n) is 10.2. The monoisotopic (exact) mass is 401 g/mol. The maximum atomic E-state index is 12.7. The van der Waals surface area contributed by atoms with E-state index in [2.05, 4.69) is 41.5 Å². The van der Waals surface area contributed by atoms with Gasteiger partial charge < -0.3 is 10.2 Å². The van der Waals surface area contributed by atoms with Crippen LogP contribution in [0.2, 0.25) is 0 Å². The summed E-state index contributed by atoms with van der Waals surface area (Å²) < 4.78 is 0. The van der Waals surface area contributed by atoms with Crippen LogP contribution in [0.3, 0.4) is 0 Å². The fraction of sp³-hybridized carbons (Fsp3) is 0.524. The van der Waals surface area contributed by atoms with E-state index in [4.69, 9.17) is 12.2 Å². The zero-order chi connectivity index (χ0) is 19.9. The first-order chi connectivity index (χ1) is 13.6. The number of aliphatic imine (C=N–C) groups is 1. The van der Waals surface area contributed by atoms with Crippen LogP contribution in [0.5, 0.6) is 0 Å². The van der Waals surface area contributed by atoms with Crippen LogP contribution in [-0.4, -0.2) is 53.7 Å². The van der Waals surface area contributed by atoms with E-state index in [0.717, 1.165) is 45.3 Å². The Morgan fingerprint density at radius 1 is 1.25 bits per heavy atom. The van der Waals surface area contributed by atoms with Crippen LogP contribution in [0.15, 0.2) is 35.3 Å². The van der Waals surface area contributed by atoms with Gasteiger partial charge in [0.25, 0.3) is 0 Å². The number of nitrogens with zero attached hydrogens (tertiary/aromatic N) is 2. The van der Waals surface area contributed by atoms with Crippen LogP contribution in [0.4, 0.5) is 0 Å². The molecule has 0 spiro atoms. The Balaban J connectivity index is 1.52. The van der Waals surface area contributed by atoms with Crippen molar-refractivity contribution >= 4 is 35.4 Å². The Morgan fingerprint density at radius 3 is 2.64 bits per heavy atom. The molecule has 7 heteroatoms. The second kappa shape index (κ2) is 9.89. The van der Waals surface area contributed by atoms with Crippen LogP contribution in [-0.2, 0) is 16.1 Å². The predicted octanol–water partition coefficient (Wildman–Crippen LogP) is 0.964. The molecule has 1 atom stereocenters. The third-order valence-corrected chi connectivity index (χ3v) is 5.75. The summed E-state index contributed by atoms with van der Waals surface area (Å²) >= 11 is 5.15. The molecule has 28 heavy (non-hydrogen) atoms. The molecule has 1 aromatic rings. The highest BCUT2D eigenvalue weighted by Crippen LogP contribution is 2.12. The summed E-state index contributed by atoms with van der Waals surface area (Å²) in [5, 5.41) is 2.86. The van der Waals surface area contributed by atoms with Gasteiger partial charge in [-0.05, 0) is 18.6 Å².